The lowest BCUT2D eigenvalue weighted by Crippen LogP contribution is -2.40. The predicted molar refractivity (Wildman–Crippen MR) is 123 cm³/mol. The Morgan fingerprint density at radius 1 is 1.38 bits per heavy atom. The first-order valence-electron chi connectivity index (χ1n) is 11.8. The maximum absolute atomic E-state index is 15.0. The van der Waals surface area contributed by atoms with E-state index in [4.69, 9.17) is 14.6 Å². The molecule has 1 fully saturated rings. The van der Waals surface area contributed by atoms with E-state index in [1.807, 2.05) is 18.5 Å². The van der Waals surface area contributed by atoms with Gasteiger partial charge in [-0.2, -0.15) is 5.10 Å². The molecule has 184 valence electrons. The highest BCUT2D eigenvalue weighted by molar-refractivity contribution is 5.97. The second-order valence-corrected chi connectivity index (χ2v) is 9.51. The zero-order valence-corrected chi connectivity index (χ0v) is 19.9. The number of halogens is 1. The number of hydrogen-bond acceptors (Lipinski definition) is 5. The molecule has 2 aliphatic rings. The second kappa shape index (κ2) is 9.74. The van der Waals surface area contributed by atoms with Crippen LogP contribution in [0.4, 0.5) is 4.39 Å². The normalized spacial score (nSPS) is 18.2. The summed E-state index contributed by atoms with van der Waals surface area (Å²) in [5, 5.41) is 17.3. The predicted octanol–water partition coefficient (Wildman–Crippen LogP) is 3.25. The van der Waals surface area contributed by atoms with Gasteiger partial charge >= 0.3 is 5.97 Å². The lowest BCUT2D eigenvalue weighted by Gasteiger charge is -2.36. The van der Waals surface area contributed by atoms with Crippen LogP contribution in [-0.4, -0.2) is 53.6 Å². The van der Waals surface area contributed by atoms with Crippen LogP contribution >= 0.6 is 0 Å². The van der Waals surface area contributed by atoms with E-state index in [-0.39, 0.29) is 23.0 Å². The van der Waals surface area contributed by atoms with E-state index in [0.29, 0.717) is 50.3 Å². The summed E-state index contributed by atoms with van der Waals surface area (Å²) < 4.78 is 27.5. The van der Waals surface area contributed by atoms with Gasteiger partial charge in [-0.3, -0.25) is 9.48 Å². The van der Waals surface area contributed by atoms with E-state index in [0.717, 1.165) is 30.7 Å². The van der Waals surface area contributed by atoms with Crippen LogP contribution < -0.4 is 10.1 Å². The van der Waals surface area contributed by atoms with E-state index in [2.05, 4.69) is 5.32 Å². The fourth-order valence-electron chi connectivity index (χ4n) is 5.19. The van der Waals surface area contributed by atoms with Gasteiger partial charge in [0.2, 0.25) is 0 Å². The van der Waals surface area contributed by atoms with Gasteiger partial charge in [-0.05, 0) is 55.1 Å². The molecular weight excluding hydrogens is 441 g/mol. The van der Waals surface area contributed by atoms with E-state index < -0.39 is 17.3 Å². The Labute approximate surface area is 198 Å². The number of aromatic nitrogens is 2. The summed E-state index contributed by atoms with van der Waals surface area (Å²) >= 11 is 0. The Hall–Kier alpha value is -2.94. The number of carbonyl (C=O) groups is 2. The average Bonchev–Trinajstić information content (AvgIpc) is 3.08. The molecule has 1 amide bonds. The average molecular weight is 474 g/mol. The summed E-state index contributed by atoms with van der Waals surface area (Å²) in [6.45, 7) is 6.44. The van der Waals surface area contributed by atoms with Crippen LogP contribution in [-0.2, 0) is 30.5 Å². The van der Waals surface area contributed by atoms with Gasteiger partial charge in [-0.25, -0.2) is 9.18 Å². The number of ether oxygens (including phenoxy) is 2. The number of methoxy groups -OCH3 is 1. The number of amides is 1. The van der Waals surface area contributed by atoms with Crippen LogP contribution in [0.25, 0.3) is 0 Å². The Morgan fingerprint density at radius 2 is 2.12 bits per heavy atom. The number of fused-ring (bicyclic) bond motifs is 1. The van der Waals surface area contributed by atoms with Crippen molar-refractivity contribution in [3.05, 3.63) is 46.0 Å². The van der Waals surface area contributed by atoms with Gasteiger partial charge in [0.1, 0.15) is 17.1 Å². The molecular formula is C25H32FN3O5. The van der Waals surface area contributed by atoms with Crippen molar-refractivity contribution in [2.75, 3.05) is 26.9 Å². The highest BCUT2D eigenvalue weighted by Gasteiger charge is 2.39. The molecule has 1 spiro atoms. The Balaban J connectivity index is 1.62. The van der Waals surface area contributed by atoms with Gasteiger partial charge in [-0.1, -0.05) is 19.9 Å². The third-order valence-electron chi connectivity index (χ3n) is 7.08. The number of benzene rings is 1. The molecule has 0 saturated carbocycles. The molecule has 1 aromatic heterocycles. The molecule has 0 aliphatic carbocycles. The minimum atomic E-state index is -1.36. The molecule has 0 unspecified atom stereocenters. The second-order valence-electron chi connectivity index (χ2n) is 9.51. The van der Waals surface area contributed by atoms with Crippen molar-refractivity contribution in [2.45, 2.75) is 52.5 Å². The van der Waals surface area contributed by atoms with Crippen LogP contribution in [0.2, 0.25) is 0 Å². The van der Waals surface area contributed by atoms with E-state index in [1.165, 1.54) is 13.2 Å². The maximum atomic E-state index is 15.0. The third-order valence-corrected chi connectivity index (χ3v) is 7.08. The monoisotopic (exact) mass is 473 g/mol. The van der Waals surface area contributed by atoms with Crippen molar-refractivity contribution in [2.24, 2.45) is 11.3 Å². The Morgan fingerprint density at radius 3 is 2.76 bits per heavy atom. The first kappa shape index (κ1) is 24.2. The molecule has 2 aliphatic heterocycles. The van der Waals surface area contributed by atoms with E-state index >= 15 is 0 Å². The molecule has 3 heterocycles. The number of nitrogens with one attached hydrogen (secondary N) is 1. The van der Waals surface area contributed by atoms with Crippen LogP contribution in [0.1, 0.15) is 64.4 Å². The standard InChI is InChI=1S/C25H32FN3O5/c1-4-17-20-18(12-25(14-27-23(20)30)7-9-34-10-8-25)29(28-17)13-15(2)11-16-5-6-19(33-3)21(22(16)26)24(31)32/h5-6,15H,4,7-14H2,1-3H3,(H,27,30)(H,31,32)/t15-/m1/s1. The summed E-state index contributed by atoms with van der Waals surface area (Å²) in [4.78, 5) is 24.6. The van der Waals surface area contributed by atoms with Crippen molar-refractivity contribution in [3.8, 4) is 5.75 Å². The molecule has 4 rings (SSSR count). The highest BCUT2D eigenvalue weighted by atomic mass is 19.1. The zero-order valence-electron chi connectivity index (χ0n) is 19.9. The first-order chi connectivity index (χ1) is 16.3. The van der Waals surface area contributed by atoms with Crippen molar-refractivity contribution < 1.29 is 28.6 Å². The Kier molecular flexibility index (Phi) is 6.93. The van der Waals surface area contributed by atoms with Gasteiger partial charge in [0, 0.05) is 26.3 Å². The number of carboxylic acid groups (broad SMARTS) is 1. The van der Waals surface area contributed by atoms with Crippen molar-refractivity contribution >= 4 is 11.9 Å². The minimum Gasteiger partial charge on any atom is -0.496 e. The summed E-state index contributed by atoms with van der Waals surface area (Å²) in [7, 11) is 1.32. The molecule has 2 N–H and O–H groups in total. The number of aromatic carboxylic acids is 1. The van der Waals surface area contributed by atoms with E-state index in [1.54, 1.807) is 6.07 Å². The lowest BCUT2D eigenvalue weighted by atomic mass is 9.76. The third kappa shape index (κ3) is 4.53. The first-order valence-corrected chi connectivity index (χ1v) is 11.8. The molecule has 2 aromatic rings. The van der Waals surface area contributed by atoms with Gasteiger partial charge in [0.05, 0.1) is 24.1 Å². The molecule has 9 heteroatoms. The van der Waals surface area contributed by atoms with E-state index in [9.17, 15) is 19.1 Å². The number of rotatable bonds is 7. The number of carboxylic acids is 1. The summed E-state index contributed by atoms with van der Waals surface area (Å²) in [5.41, 5.74) is 2.19. The van der Waals surface area contributed by atoms with Crippen molar-refractivity contribution in [1.82, 2.24) is 15.1 Å². The number of nitrogens with zero attached hydrogens (tertiary/aromatic N) is 2. The van der Waals surface area contributed by atoms with Crippen molar-refractivity contribution in [1.29, 1.82) is 0 Å². The van der Waals surface area contributed by atoms with Crippen LogP contribution in [0.15, 0.2) is 12.1 Å². The summed E-state index contributed by atoms with van der Waals surface area (Å²) in [5.74, 6) is -2.26. The van der Waals surface area contributed by atoms with Crippen LogP contribution in [0, 0.1) is 17.2 Å². The number of hydrogen-bond donors (Lipinski definition) is 2. The Bertz CT molecular complexity index is 1090. The lowest BCUT2D eigenvalue weighted by molar-refractivity contribution is 0.0152. The largest absolute Gasteiger partial charge is 0.496 e. The summed E-state index contributed by atoms with van der Waals surface area (Å²) in [6.07, 6.45) is 3.47. The smallest absolute Gasteiger partial charge is 0.342 e. The van der Waals surface area contributed by atoms with Crippen LogP contribution in [0.3, 0.4) is 0 Å². The van der Waals surface area contributed by atoms with Gasteiger partial charge in [-0.15, -0.1) is 0 Å². The minimum absolute atomic E-state index is 0.000779. The van der Waals surface area contributed by atoms with Gasteiger partial charge in [0.15, 0.2) is 0 Å². The summed E-state index contributed by atoms with van der Waals surface area (Å²) in [6, 6.07) is 3.06. The van der Waals surface area contributed by atoms with Crippen molar-refractivity contribution in [3.63, 3.8) is 0 Å². The molecule has 0 radical (unpaired) electrons. The number of aryl methyl sites for hydroxylation is 1. The highest BCUT2D eigenvalue weighted by Crippen LogP contribution is 2.37. The maximum Gasteiger partial charge on any atom is 0.342 e. The van der Waals surface area contributed by atoms with Crippen LogP contribution in [0.5, 0.6) is 5.75 Å². The quantitative estimate of drug-likeness (QED) is 0.640. The fourth-order valence-corrected chi connectivity index (χ4v) is 5.19. The van der Waals surface area contributed by atoms with Gasteiger partial charge in [0.25, 0.3) is 5.91 Å². The molecule has 0 bridgehead atoms. The topological polar surface area (TPSA) is 103 Å². The zero-order chi connectivity index (χ0) is 24.5. The SMILES string of the molecule is CCc1nn(C[C@H](C)Cc2ccc(OC)c(C(=O)O)c2F)c2c1C(=O)NCC1(CCOCC1)C2. The molecule has 34 heavy (non-hydrogen) atoms. The molecule has 1 atom stereocenters. The molecule has 8 nitrogen and oxygen atoms in total. The molecule has 1 saturated heterocycles. The number of carbonyl (C=O) groups excluding carboxylic acids is 1. The molecule has 1 aromatic carbocycles. The fraction of sp³-hybridized carbons (Fsp3) is 0.560. The van der Waals surface area contributed by atoms with Gasteiger partial charge < -0.3 is 19.9 Å².